The molecule has 8 nitrogen and oxygen atoms in total. The van der Waals surface area contributed by atoms with Crippen LogP contribution in [0.15, 0.2) is 18.7 Å². The lowest BCUT2D eigenvalue weighted by Gasteiger charge is -2.10. The van der Waals surface area contributed by atoms with Gasteiger partial charge in [0.15, 0.2) is 0 Å². The standard InChI is InChI=1S/C13H21N7O/c1-3-9-21-13-18-11(15-4-2)17-12(19-13)16-6-8-20-7-5-14-10-20/h5,7,10H,3-4,6,8-9H2,1-2H3,(H2,15,16,17,18,19). The number of hydrogen-bond acceptors (Lipinski definition) is 7. The van der Waals surface area contributed by atoms with Crippen LogP contribution in [0.2, 0.25) is 0 Å². The highest BCUT2D eigenvalue weighted by molar-refractivity contribution is 5.35. The van der Waals surface area contributed by atoms with Crippen LogP contribution in [0.25, 0.3) is 0 Å². The summed E-state index contributed by atoms with van der Waals surface area (Å²) in [5, 5.41) is 6.24. The van der Waals surface area contributed by atoms with Gasteiger partial charge in [-0.25, -0.2) is 4.98 Å². The first-order valence-corrected chi connectivity index (χ1v) is 7.14. The van der Waals surface area contributed by atoms with E-state index in [4.69, 9.17) is 4.74 Å². The second kappa shape index (κ2) is 8.03. The number of nitrogens with one attached hydrogen (secondary N) is 2. The lowest BCUT2D eigenvalue weighted by molar-refractivity contribution is 0.292. The van der Waals surface area contributed by atoms with E-state index in [1.54, 1.807) is 12.5 Å². The van der Waals surface area contributed by atoms with Gasteiger partial charge in [0.05, 0.1) is 12.9 Å². The summed E-state index contributed by atoms with van der Waals surface area (Å²) in [6.45, 7) is 6.83. The van der Waals surface area contributed by atoms with Crippen molar-refractivity contribution in [1.29, 1.82) is 0 Å². The quantitative estimate of drug-likeness (QED) is 0.721. The predicted molar refractivity (Wildman–Crippen MR) is 80.5 cm³/mol. The first kappa shape index (κ1) is 15.0. The molecule has 0 saturated heterocycles. The Balaban J connectivity index is 1.97. The minimum atomic E-state index is 0.341. The number of nitrogens with zero attached hydrogens (tertiary/aromatic N) is 5. The second-order valence-electron chi connectivity index (χ2n) is 4.37. The first-order chi connectivity index (χ1) is 10.3. The van der Waals surface area contributed by atoms with Crippen molar-refractivity contribution in [3.63, 3.8) is 0 Å². The molecule has 0 aromatic carbocycles. The van der Waals surface area contributed by atoms with Crippen LogP contribution >= 0.6 is 0 Å². The number of rotatable bonds is 9. The van der Waals surface area contributed by atoms with Gasteiger partial charge in [-0.05, 0) is 13.3 Å². The van der Waals surface area contributed by atoms with Crippen molar-refractivity contribution < 1.29 is 4.74 Å². The molecule has 0 aliphatic carbocycles. The van der Waals surface area contributed by atoms with Crippen LogP contribution in [0.5, 0.6) is 6.01 Å². The Hall–Kier alpha value is -2.38. The number of ether oxygens (including phenoxy) is 1. The fourth-order valence-corrected chi connectivity index (χ4v) is 1.65. The highest BCUT2D eigenvalue weighted by Crippen LogP contribution is 2.11. The molecular weight excluding hydrogens is 270 g/mol. The van der Waals surface area contributed by atoms with E-state index < -0.39 is 0 Å². The van der Waals surface area contributed by atoms with Gasteiger partial charge in [-0.2, -0.15) is 15.0 Å². The summed E-state index contributed by atoms with van der Waals surface area (Å²) in [6, 6.07) is 0.341. The molecule has 0 saturated carbocycles. The van der Waals surface area contributed by atoms with Gasteiger partial charge in [0.1, 0.15) is 0 Å². The van der Waals surface area contributed by atoms with Crippen LogP contribution in [0.4, 0.5) is 11.9 Å². The summed E-state index contributed by atoms with van der Waals surface area (Å²) < 4.78 is 7.46. The summed E-state index contributed by atoms with van der Waals surface area (Å²) >= 11 is 0. The Labute approximate surface area is 124 Å². The molecule has 114 valence electrons. The molecule has 0 radical (unpaired) electrons. The summed E-state index contributed by atoms with van der Waals surface area (Å²) in [5.41, 5.74) is 0. The molecule has 2 rings (SSSR count). The van der Waals surface area contributed by atoms with E-state index in [0.29, 0.717) is 31.1 Å². The maximum absolute atomic E-state index is 5.48. The van der Waals surface area contributed by atoms with Gasteiger partial charge < -0.3 is 19.9 Å². The van der Waals surface area contributed by atoms with Crippen molar-refractivity contribution in [3.8, 4) is 6.01 Å². The topological polar surface area (TPSA) is 89.8 Å². The van der Waals surface area contributed by atoms with Crippen LogP contribution < -0.4 is 15.4 Å². The Morgan fingerprint density at radius 3 is 2.62 bits per heavy atom. The molecule has 0 spiro atoms. The van der Waals surface area contributed by atoms with Gasteiger partial charge in [0.25, 0.3) is 0 Å². The van der Waals surface area contributed by atoms with Crippen LogP contribution in [-0.4, -0.2) is 44.2 Å². The number of aromatic nitrogens is 5. The van der Waals surface area contributed by atoms with Crippen molar-refractivity contribution in [2.75, 3.05) is 30.3 Å². The second-order valence-corrected chi connectivity index (χ2v) is 4.37. The highest BCUT2D eigenvalue weighted by Gasteiger charge is 2.06. The summed E-state index contributed by atoms with van der Waals surface area (Å²) in [5.74, 6) is 1.02. The molecule has 2 aromatic rings. The Morgan fingerprint density at radius 1 is 1.14 bits per heavy atom. The molecule has 0 bridgehead atoms. The van der Waals surface area contributed by atoms with E-state index in [0.717, 1.165) is 19.5 Å². The highest BCUT2D eigenvalue weighted by atomic mass is 16.5. The number of hydrogen-bond donors (Lipinski definition) is 2. The summed E-state index contributed by atoms with van der Waals surface area (Å²) in [6.07, 6.45) is 6.35. The molecule has 0 amide bonds. The first-order valence-electron chi connectivity index (χ1n) is 7.14. The fraction of sp³-hybridized carbons (Fsp3) is 0.538. The van der Waals surface area contributed by atoms with E-state index >= 15 is 0 Å². The number of imidazole rings is 1. The molecular formula is C13H21N7O. The molecule has 0 aliphatic heterocycles. The Morgan fingerprint density at radius 2 is 1.95 bits per heavy atom. The van der Waals surface area contributed by atoms with Crippen molar-refractivity contribution in [1.82, 2.24) is 24.5 Å². The lowest BCUT2D eigenvalue weighted by atomic mass is 10.5. The van der Waals surface area contributed by atoms with Crippen molar-refractivity contribution in [2.24, 2.45) is 0 Å². The molecule has 21 heavy (non-hydrogen) atoms. The molecule has 2 N–H and O–H groups in total. The van der Waals surface area contributed by atoms with Crippen molar-refractivity contribution in [2.45, 2.75) is 26.8 Å². The minimum absolute atomic E-state index is 0.341. The lowest BCUT2D eigenvalue weighted by Crippen LogP contribution is -2.14. The zero-order valence-corrected chi connectivity index (χ0v) is 12.4. The average molecular weight is 291 g/mol. The van der Waals surface area contributed by atoms with Gasteiger partial charge in [-0.3, -0.25) is 0 Å². The normalized spacial score (nSPS) is 10.4. The monoisotopic (exact) mass is 291 g/mol. The summed E-state index contributed by atoms with van der Waals surface area (Å²) in [7, 11) is 0. The third-order valence-corrected chi connectivity index (χ3v) is 2.60. The van der Waals surface area contributed by atoms with E-state index in [9.17, 15) is 0 Å². The SMILES string of the molecule is CCCOc1nc(NCC)nc(NCCn2ccnc2)n1. The Kier molecular flexibility index (Phi) is 5.74. The number of anilines is 2. The van der Waals surface area contributed by atoms with E-state index in [2.05, 4.69) is 30.6 Å². The van der Waals surface area contributed by atoms with Crippen LogP contribution in [0.3, 0.4) is 0 Å². The predicted octanol–water partition coefficient (Wildman–Crippen LogP) is 1.40. The fourth-order valence-electron chi connectivity index (χ4n) is 1.65. The van der Waals surface area contributed by atoms with Gasteiger partial charge in [-0.1, -0.05) is 6.92 Å². The van der Waals surface area contributed by atoms with E-state index in [-0.39, 0.29) is 0 Å². The molecule has 0 atom stereocenters. The molecule has 0 fully saturated rings. The smallest absolute Gasteiger partial charge is 0.323 e. The van der Waals surface area contributed by atoms with Crippen molar-refractivity contribution in [3.05, 3.63) is 18.7 Å². The molecule has 0 aliphatic rings. The van der Waals surface area contributed by atoms with E-state index in [1.807, 2.05) is 24.6 Å². The van der Waals surface area contributed by atoms with E-state index in [1.165, 1.54) is 0 Å². The zero-order valence-electron chi connectivity index (χ0n) is 12.4. The zero-order chi connectivity index (χ0) is 14.9. The summed E-state index contributed by atoms with van der Waals surface area (Å²) in [4.78, 5) is 16.8. The van der Waals surface area contributed by atoms with Gasteiger partial charge in [0, 0.05) is 32.0 Å². The van der Waals surface area contributed by atoms with Crippen LogP contribution in [0.1, 0.15) is 20.3 Å². The van der Waals surface area contributed by atoms with Crippen LogP contribution in [-0.2, 0) is 6.54 Å². The Bertz CT molecular complexity index is 529. The van der Waals surface area contributed by atoms with Gasteiger partial charge >= 0.3 is 6.01 Å². The molecule has 2 heterocycles. The third-order valence-electron chi connectivity index (χ3n) is 2.60. The average Bonchev–Trinajstić information content (AvgIpc) is 2.99. The largest absolute Gasteiger partial charge is 0.463 e. The molecule has 0 unspecified atom stereocenters. The molecule has 2 aromatic heterocycles. The maximum atomic E-state index is 5.48. The maximum Gasteiger partial charge on any atom is 0.323 e. The van der Waals surface area contributed by atoms with Gasteiger partial charge in [-0.15, -0.1) is 0 Å². The van der Waals surface area contributed by atoms with Crippen molar-refractivity contribution >= 4 is 11.9 Å². The van der Waals surface area contributed by atoms with Gasteiger partial charge in [0.2, 0.25) is 11.9 Å². The van der Waals surface area contributed by atoms with Crippen LogP contribution in [0, 0.1) is 0 Å². The molecule has 8 heteroatoms. The third kappa shape index (κ3) is 4.90. The minimum Gasteiger partial charge on any atom is -0.463 e.